The van der Waals surface area contributed by atoms with Crippen LogP contribution in [0, 0.1) is 0 Å². The summed E-state index contributed by atoms with van der Waals surface area (Å²) in [5.74, 6) is 0.850. The van der Waals surface area contributed by atoms with Crippen LogP contribution in [0.5, 0.6) is 5.75 Å². The van der Waals surface area contributed by atoms with E-state index in [1.807, 2.05) is 29.2 Å². The van der Waals surface area contributed by atoms with Gasteiger partial charge in [-0.25, -0.2) is 4.79 Å². The smallest absolute Gasteiger partial charge is 0.318 e. The van der Waals surface area contributed by atoms with Gasteiger partial charge in [-0.3, -0.25) is 0 Å². The number of urea groups is 1. The molecular formula is C16H22N2O2. The molecule has 1 saturated carbocycles. The van der Waals surface area contributed by atoms with E-state index in [0.29, 0.717) is 6.54 Å². The van der Waals surface area contributed by atoms with Crippen molar-refractivity contribution < 1.29 is 9.53 Å². The number of nitrogens with zero attached hydrogens (tertiary/aromatic N) is 1. The summed E-state index contributed by atoms with van der Waals surface area (Å²) in [6.45, 7) is 1.52. The summed E-state index contributed by atoms with van der Waals surface area (Å²) >= 11 is 0. The average molecular weight is 274 g/mol. The van der Waals surface area contributed by atoms with Gasteiger partial charge in [0.2, 0.25) is 0 Å². The molecule has 0 bridgehead atoms. The lowest BCUT2D eigenvalue weighted by atomic mass is 9.82. The van der Waals surface area contributed by atoms with E-state index >= 15 is 0 Å². The number of hydrogen-bond donors (Lipinski definition) is 1. The van der Waals surface area contributed by atoms with E-state index in [2.05, 4.69) is 5.32 Å². The van der Waals surface area contributed by atoms with E-state index in [-0.39, 0.29) is 11.6 Å². The van der Waals surface area contributed by atoms with Crippen molar-refractivity contribution in [3.05, 3.63) is 29.8 Å². The van der Waals surface area contributed by atoms with Gasteiger partial charge in [-0.05, 0) is 30.5 Å². The van der Waals surface area contributed by atoms with Crippen molar-refractivity contribution in [3.8, 4) is 5.75 Å². The maximum Gasteiger partial charge on any atom is 0.318 e. The minimum Gasteiger partial charge on any atom is -0.497 e. The van der Waals surface area contributed by atoms with Gasteiger partial charge in [-0.1, -0.05) is 31.4 Å². The zero-order valence-corrected chi connectivity index (χ0v) is 12.0. The number of nitrogens with one attached hydrogen (secondary N) is 1. The highest BCUT2D eigenvalue weighted by molar-refractivity contribution is 5.78. The molecule has 2 amide bonds. The summed E-state index contributed by atoms with van der Waals surface area (Å²) in [6.07, 6.45) is 6.01. The summed E-state index contributed by atoms with van der Waals surface area (Å²) < 4.78 is 5.16. The van der Waals surface area contributed by atoms with E-state index in [0.717, 1.165) is 30.7 Å². The van der Waals surface area contributed by atoms with Crippen LogP contribution < -0.4 is 10.1 Å². The van der Waals surface area contributed by atoms with Crippen LogP contribution in [0.3, 0.4) is 0 Å². The van der Waals surface area contributed by atoms with E-state index in [1.165, 1.54) is 19.3 Å². The number of carbonyl (C=O) groups is 1. The fourth-order valence-corrected chi connectivity index (χ4v) is 3.37. The van der Waals surface area contributed by atoms with Crippen LogP contribution in [0.25, 0.3) is 0 Å². The Morgan fingerprint density at radius 2 is 1.90 bits per heavy atom. The fourth-order valence-electron chi connectivity index (χ4n) is 3.37. The van der Waals surface area contributed by atoms with Gasteiger partial charge in [0.15, 0.2) is 0 Å². The van der Waals surface area contributed by atoms with Crippen molar-refractivity contribution in [2.75, 3.05) is 13.7 Å². The average Bonchev–Trinajstić information content (AvgIpc) is 2.76. The number of hydrogen-bond acceptors (Lipinski definition) is 2. The summed E-state index contributed by atoms with van der Waals surface area (Å²) in [5.41, 5.74) is 1.19. The highest BCUT2D eigenvalue weighted by Crippen LogP contribution is 2.33. The third-order valence-corrected chi connectivity index (χ3v) is 4.50. The molecule has 1 aromatic rings. The number of ether oxygens (including phenoxy) is 1. The van der Waals surface area contributed by atoms with Crippen LogP contribution in [0.4, 0.5) is 4.79 Å². The quantitative estimate of drug-likeness (QED) is 0.920. The molecule has 1 aliphatic heterocycles. The molecule has 0 atom stereocenters. The third kappa shape index (κ3) is 2.60. The zero-order valence-electron chi connectivity index (χ0n) is 12.0. The standard InChI is InChI=1S/C16H22N2O2/c1-20-14-7-5-13(6-8-14)11-18-12-16(17-15(18)19)9-3-2-4-10-16/h5-8H,2-4,9-12H2,1H3,(H,17,19). The van der Waals surface area contributed by atoms with E-state index in [1.54, 1.807) is 7.11 Å². The molecule has 1 aliphatic carbocycles. The van der Waals surface area contributed by atoms with Gasteiger partial charge in [0.1, 0.15) is 5.75 Å². The van der Waals surface area contributed by atoms with Crippen molar-refractivity contribution in [3.63, 3.8) is 0 Å². The number of benzene rings is 1. The van der Waals surface area contributed by atoms with Crippen LogP contribution in [0.15, 0.2) is 24.3 Å². The Bertz CT molecular complexity index is 478. The first-order valence-corrected chi connectivity index (χ1v) is 7.41. The van der Waals surface area contributed by atoms with Crippen LogP contribution in [0.2, 0.25) is 0 Å². The molecule has 0 unspecified atom stereocenters. The van der Waals surface area contributed by atoms with Crippen molar-refractivity contribution in [1.82, 2.24) is 10.2 Å². The number of rotatable bonds is 3. The Labute approximate surface area is 120 Å². The SMILES string of the molecule is COc1ccc(CN2CC3(CCCCC3)NC2=O)cc1. The molecule has 108 valence electrons. The molecule has 20 heavy (non-hydrogen) atoms. The number of methoxy groups -OCH3 is 1. The predicted molar refractivity (Wildman–Crippen MR) is 77.8 cm³/mol. The fraction of sp³-hybridized carbons (Fsp3) is 0.562. The molecular weight excluding hydrogens is 252 g/mol. The molecule has 2 aliphatic rings. The molecule has 0 radical (unpaired) electrons. The molecule has 3 rings (SSSR count). The van der Waals surface area contributed by atoms with Gasteiger partial charge < -0.3 is 15.0 Å². The first kappa shape index (κ1) is 13.3. The van der Waals surface area contributed by atoms with Crippen LogP contribution in [-0.2, 0) is 6.54 Å². The topological polar surface area (TPSA) is 41.6 Å². The van der Waals surface area contributed by atoms with Crippen LogP contribution in [0.1, 0.15) is 37.7 Å². The van der Waals surface area contributed by atoms with E-state index < -0.39 is 0 Å². The summed E-state index contributed by atoms with van der Waals surface area (Å²) in [4.78, 5) is 14.1. The monoisotopic (exact) mass is 274 g/mol. The Hall–Kier alpha value is -1.71. The first-order valence-electron chi connectivity index (χ1n) is 7.41. The van der Waals surface area contributed by atoms with Crippen molar-refractivity contribution in [2.45, 2.75) is 44.2 Å². The molecule has 1 spiro atoms. The Morgan fingerprint density at radius 1 is 1.20 bits per heavy atom. The molecule has 4 heteroatoms. The normalized spacial score (nSPS) is 21.1. The van der Waals surface area contributed by atoms with Crippen molar-refractivity contribution >= 4 is 6.03 Å². The minimum atomic E-state index is 0.0435. The first-order chi connectivity index (χ1) is 9.71. The Morgan fingerprint density at radius 3 is 2.55 bits per heavy atom. The zero-order chi connectivity index (χ0) is 14.0. The van der Waals surface area contributed by atoms with Gasteiger partial charge in [0.05, 0.1) is 12.6 Å². The van der Waals surface area contributed by atoms with E-state index in [9.17, 15) is 4.79 Å². The second-order valence-corrected chi connectivity index (χ2v) is 5.98. The van der Waals surface area contributed by atoms with Crippen molar-refractivity contribution in [1.29, 1.82) is 0 Å². The maximum absolute atomic E-state index is 12.2. The minimum absolute atomic E-state index is 0.0435. The molecule has 1 heterocycles. The summed E-state index contributed by atoms with van der Waals surface area (Å²) in [6, 6.07) is 8.03. The molecule has 2 fully saturated rings. The highest BCUT2D eigenvalue weighted by atomic mass is 16.5. The lowest BCUT2D eigenvalue weighted by molar-refractivity contribution is 0.215. The third-order valence-electron chi connectivity index (χ3n) is 4.50. The molecule has 4 nitrogen and oxygen atoms in total. The summed E-state index contributed by atoms with van der Waals surface area (Å²) in [5, 5.41) is 3.22. The van der Waals surface area contributed by atoms with Crippen LogP contribution >= 0.6 is 0 Å². The van der Waals surface area contributed by atoms with Crippen molar-refractivity contribution in [2.24, 2.45) is 0 Å². The number of amides is 2. The molecule has 1 aromatic carbocycles. The Kier molecular flexibility index (Phi) is 3.55. The Balaban J connectivity index is 1.66. The lowest BCUT2D eigenvalue weighted by Gasteiger charge is -2.32. The number of carbonyl (C=O) groups excluding carboxylic acids is 1. The molecule has 0 aromatic heterocycles. The largest absolute Gasteiger partial charge is 0.497 e. The van der Waals surface area contributed by atoms with Gasteiger partial charge in [-0.2, -0.15) is 0 Å². The molecule has 1 saturated heterocycles. The maximum atomic E-state index is 12.2. The highest BCUT2D eigenvalue weighted by Gasteiger charge is 2.42. The van der Waals surface area contributed by atoms with Crippen LogP contribution in [-0.4, -0.2) is 30.1 Å². The second kappa shape index (κ2) is 5.35. The van der Waals surface area contributed by atoms with Gasteiger partial charge in [0.25, 0.3) is 0 Å². The van der Waals surface area contributed by atoms with Gasteiger partial charge in [0, 0.05) is 13.1 Å². The lowest BCUT2D eigenvalue weighted by Crippen LogP contribution is -2.44. The molecule has 1 N–H and O–H groups in total. The summed E-state index contributed by atoms with van der Waals surface area (Å²) in [7, 11) is 1.66. The van der Waals surface area contributed by atoms with E-state index in [4.69, 9.17) is 4.74 Å². The van der Waals surface area contributed by atoms with Gasteiger partial charge >= 0.3 is 6.03 Å². The van der Waals surface area contributed by atoms with Gasteiger partial charge in [-0.15, -0.1) is 0 Å². The second-order valence-electron chi connectivity index (χ2n) is 5.98. The predicted octanol–water partition coefficient (Wildman–Crippen LogP) is 2.92.